The highest BCUT2D eigenvalue weighted by molar-refractivity contribution is 7.89. The predicted octanol–water partition coefficient (Wildman–Crippen LogP) is 3.77. The van der Waals surface area contributed by atoms with Crippen molar-refractivity contribution in [3.8, 4) is 0 Å². The number of sulfonamides is 1. The number of benzene rings is 2. The molecular formula is C22H20ClN3O4S. The van der Waals surface area contributed by atoms with Gasteiger partial charge in [-0.15, -0.1) is 0 Å². The molecule has 3 rings (SSSR count). The summed E-state index contributed by atoms with van der Waals surface area (Å²) in [7, 11) is -3.98. The van der Waals surface area contributed by atoms with E-state index in [1.807, 2.05) is 0 Å². The van der Waals surface area contributed by atoms with Crippen molar-refractivity contribution in [3.05, 3.63) is 89.2 Å². The molecule has 160 valence electrons. The molecule has 0 unspecified atom stereocenters. The van der Waals surface area contributed by atoms with Crippen LogP contribution in [0.3, 0.4) is 0 Å². The predicted molar refractivity (Wildman–Crippen MR) is 118 cm³/mol. The number of aromatic nitrogens is 1. The summed E-state index contributed by atoms with van der Waals surface area (Å²) >= 11 is 5.91. The Morgan fingerprint density at radius 1 is 1.03 bits per heavy atom. The molecule has 0 aliphatic heterocycles. The number of nitrogens with zero attached hydrogens (tertiary/aromatic N) is 2. The minimum absolute atomic E-state index is 0.0115. The van der Waals surface area contributed by atoms with Crippen molar-refractivity contribution >= 4 is 39.0 Å². The normalized spacial score (nSPS) is 11.3. The molecule has 0 fully saturated rings. The zero-order valence-corrected chi connectivity index (χ0v) is 18.2. The molecule has 1 N–H and O–H groups in total. The van der Waals surface area contributed by atoms with Crippen molar-refractivity contribution in [1.29, 1.82) is 0 Å². The molecule has 0 saturated carbocycles. The zero-order chi connectivity index (χ0) is 22.4. The van der Waals surface area contributed by atoms with Crippen LogP contribution in [-0.4, -0.2) is 35.9 Å². The Labute approximate surface area is 185 Å². The minimum atomic E-state index is -3.98. The average Bonchev–Trinajstić information content (AvgIpc) is 2.75. The summed E-state index contributed by atoms with van der Waals surface area (Å²) in [6, 6.07) is 16.0. The topological polar surface area (TPSA) is 96.4 Å². The van der Waals surface area contributed by atoms with E-state index in [-0.39, 0.29) is 17.2 Å². The lowest BCUT2D eigenvalue weighted by molar-refractivity contribution is -0.116. The Morgan fingerprint density at radius 2 is 1.71 bits per heavy atom. The number of pyridine rings is 1. The largest absolute Gasteiger partial charge is 0.325 e. The lowest BCUT2D eigenvalue weighted by Gasteiger charge is -2.22. The van der Waals surface area contributed by atoms with Gasteiger partial charge >= 0.3 is 0 Å². The number of rotatable bonds is 8. The maximum Gasteiger partial charge on any atom is 0.245 e. The molecule has 0 aliphatic carbocycles. The number of hydrogen-bond acceptors (Lipinski definition) is 5. The molecule has 3 aromatic rings. The van der Waals surface area contributed by atoms with Gasteiger partial charge in [-0.25, -0.2) is 8.42 Å². The van der Waals surface area contributed by atoms with Crippen LogP contribution in [-0.2, 0) is 21.4 Å². The van der Waals surface area contributed by atoms with Gasteiger partial charge in [-0.05, 0) is 61.0 Å². The van der Waals surface area contributed by atoms with Crippen LogP contribution in [0.2, 0.25) is 5.02 Å². The van der Waals surface area contributed by atoms with Gasteiger partial charge in [0.1, 0.15) is 4.90 Å². The standard InChI is InChI=1S/C22H20ClN3O4S/c1-16(27)18-6-10-20(11-7-18)25-22(28)15-26(14-17-4-8-19(23)9-5-17)31(29,30)21-3-2-12-24-13-21/h2-13H,14-15H2,1H3,(H,25,28). The van der Waals surface area contributed by atoms with Crippen molar-refractivity contribution in [1.82, 2.24) is 9.29 Å². The van der Waals surface area contributed by atoms with Gasteiger partial charge in [0.2, 0.25) is 15.9 Å². The van der Waals surface area contributed by atoms with Gasteiger partial charge in [0.05, 0.1) is 6.54 Å². The fourth-order valence-electron chi connectivity index (χ4n) is 2.82. The molecule has 7 nitrogen and oxygen atoms in total. The quantitative estimate of drug-likeness (QED) is 0.519. The number of carbonyl (C=O) groups excluding carboxylic acids is 2. The number of carbonyl (C=O) groups is 2. The van der Waals surface area contributed by atoms with E-state index in [9.17, 15) is 18.0 Å². The first kappa shape index (κ1) is 22.6. The molecule has 1 aromatic heterocycles. The summed E-state index contributed by atoms with van der Waals surface area (Å²) in [5, 5.41) is 3.19. The molecular weight excluding hydrogens is 438 g/mol. The van der Waals surface area contributed by atoms with Gasteiger partial charge in [0.25, 0.3) is 0 Å². The van der Waals surface area contributed by atoms with E-state index in [1.54, 1.807) is 48.5 Å². The highest BCUT2D eigenvalue weighted by atomic mass is 35.5. The molecule has 9 heteroatoms. The van der Waals surface area contributed by atoms with E-state index >= 15 is 0 Å². The maximum absolute atomic E-state index is 13.2. The third kappa shape index (κ3) is 5.97. The van der Waals surface area contributed by atoms with Crippen LogP contribution >= 0.6 is 11.6 Å². The van der Waals surface area contributed by atoms with Crippen molar-refractivity contribution in [3.63, 3.8) is 0 Å². The third-order valence-corrected chi connectivity index (χ3v) is 6.47. The van der Waals surface area contributed by atoms with Gasteiger partial charge in [-0.2, -0.15) is 4.31 Å². The van der Waals surface area contributed by atoms with Crippen molar-refractivity contribution in [2.24, 2.45) is 0 Å². The van der Waals surface area contributed by atoms with Crippen LogP contribution in [0.15, 0.2) is 78.0 Å². The summed E-state index contributed by atoms with van der Waals surface area (Å²) in [4.78, 5) is 27.9. The Balaban J connectivity index is 1.82. The molecule has 1 heterocycles. The van der Waals surface area contributed by atoms with Crippen molar-refractivity contribution < 1.29 is 18.0 Å². The van der Waals surface area contributed by atoms with Crippen LogP contribution in [0, 0.1) is 0 Å². The van der Waals surface area contributed by atoms with E-state index in [0.717, 1.165) is 4.31 Å². The third-order valence-electron chi connectivity index (χ3n) is 4.44. The second-order valence-electron chi connectivity index (χ2n) is 6.77. The molecule has 0 aliphatic rings. The Bertz CT molecular complexity index is 1170. The first-order chi connectivity index (χ1) is 14.8. The number of hydrogen-bond donors (Lipinski definition) is 1. The SMILES string of the molecule is CC(=O)c1ccc(NC(=O)CN(Cc2ccc(Cl)cc2)S(=O)(=O)c2cccnc2)cc1. The zero-order valence-electron chi connectivity index (χ0n) is 16.7. The fraction of sp³-hybridized carbons (Fsp3) is 0.136. The smallest absolute Gasteiger partial charge is 0.245 e. The second kappa shape index (κ2) is 9.82. The van der Waals surface area contributed by atoms with Crippen LogP contribution in [0.5, 0.6) is 0 Å². The number of Topliss-reactive ketones (excluding diaryl/α,β-unsaturated/α-hetero) is 1. The lowest BCUT2D eigenvalue weighted by Crippen LogP contribution is -2.37. The van der Waals surface area contributed by atoms with Crippen LogP contribution < -0.4 is 5.32 Å². The maximum atomic E-state index is 13.2. The number of ketones is 1. The Morgan fingerprint density at radius 3 is 2.29 bits per heavy atom. The first-order valence-corrected chi connectivity index (χ1v) is 11.1. The monoisotopic (exact) mass is 457 g/mol. The molecule has 0 spiro atoms. The lowest BCUT2D eigenvalue weighted by atomic mass is 10.1. The minimum Gasteiger partial charge on any atom is -0.325 e. The summed E-state index contributed by atoms with van der Waals surface area (Å²) in [6.45, 7) is 1.02. The van der Waals surface area contributed by atoms with E-state index < -0.39 is 22.5 Å². The van der Waals surface area contributed by atoms with E-state index in [1.165, 1.54) is 31.5 Å². The second-order valence-corrected chi connectivity index (χ2v) is 9.14. The first-order valence-electron chi connectivity index (χ1n) is 9.31. The number of halogens is 1. The summed E-state index contributed by atoms with van der Waals surface area (Å²) < 4.78 is 27.4. The average molecular weight is 458 g/mol. The van der Waals surface area contributed by atoms with E-state index in [0.29, 0.717) is 21.8 Å². The van der Waals surface area contributed by atoms with Gasteiger partial charge in [0, 0.05) is 35.2 Å². The number of amides is 1. The fourth-order valence-corrected chi connectivity index (χ4v) is 4.29. The van der Waals surface area contributed by atoms with Crippen LogP contribution in [0.25, 0.3) is 0 Å². The Kier molecular flexibility index (Phi) is 7.17. The van der Waals surface area contributed by atoms with Gasteiger partial charge in [-0.1, -0.05) is 23.7 Å². The number of nitrogens with one attached hydrogen (secondary N) is 1. The van der Waals surface area contributed by atoms with Crippen molar-refractivity contribution in [2.45, 2.75) is 18.4 Å². The van der Waals surface area contributed by atoms with Crippen LogP contribution in [0.4, 0.5) is 5.69 Å². The molecule has 2 aromatic carbocycles. The summed E-state index contributed by atoms with van der Waals surface area (Å²) in [6.07, 6.45) is 2.71. The van der Waals surface area contributed by atoms with Gasteiger partial charge < -0.3 is 5.32 Å². The highest BCUT2D eigenvalue weighted by Crippen LogP contribution is 2.19. The summed E-state index contributed by atoms with van der Waals surface area (Å²) in [5.41, 5.74) is 1.65. The van der Waals surface area contributed by atoms with Gasteiger partial charge in [0.15, 0.2) is 5.78 Å². The molecule has 1 amide bonds. The summed E-state index contributed by atoms with van der Waals surface area (Å²) in [5.74, 6) is -0.605. The van der Waals surface area contributed by atoms with Gasteiger partial charge in [-0.3, -0.25) is 14.6 Å². The molecule has 0 bridgehead atoms. The van der Waals surface area contributed by atoms with Crippen LogP contribution in [0.1, 0.15) is 22.8 Å². The number of anilines is 1. The molecule has 0 saturated heterocycles. The molecule has 31 heavy (non-hydrogen) atoms. The van der Waals surface area contributed by atoms with Crippen molar-refractivity contribution in [2.75, 3.05) is 11.9 Å². The Hall–Kier alpha value is -3.07. The highest BCUT2D eigenvalue weighted by Gasteiger charge is 2.27. The molecule has 0 atom stereocenters. The molecule has 0 radical (unpaired) electrons. The van der Waals surface area contributed by atoms with E-state index in [4.69, 9.17) is 11.6 Å². The van der Waals surface area contributed by atoms with E-state index in [2.05, 4.69) is 10.3 Å².